The average molecular weight is 374 g/mol. The van der Waals surface area contributed by atoms with Crippen LogP contribution >= 0.6 is 0 Å². The molecule has 0 bridgehead atoms. The molecular weight excluding hydrogens is 344 g/mol. The summed E-state index contributed by atoms with van der Waals surface area (Å²) in [6, 6.07) is 0. The summed E-state index contributed by atoms with van der Waals surface area (Å²) in [7, 11) is -1.77. The van der Waals surface area contributed by atoms with Crippen LogP contribution in [0.1, 0.15) is 0 Å². The second kappa shape index (κ2) is 17.5. The van der Waals surface area contributed by atoms with Crippen LogP contribution in [-0.2, 0) is 42.7 Å². The minimum Gasteiger partial charge on any atom is -0.382 e. The van der Waals surface area contributed by atoms with Gasteiger partial charge >= 0.3 is 0 Å². The summed E-state index contributed by atoms with van der Waals surface area (Å²) in [5.74, 6) is 2.93. The van der Waals surface area contributed by atoms with Crippen molar-refractivity contribution in [2.24, 2.45) is 0 Å². The molecule has 0 heterocycles. The summed E-state index contributed by atoms with van der Waals surface area (Å²) >= 11 is 0. The van der Waals surface area contributed by atoms with Crippen molar-refractivity contribution < 1.29 is 41.4 Å². The Morgan fingerprint density at radius 1 is 0.667 bits per heavy atom. The third-order valence-electron chi connectivity index (χ3n) is 2.41. The largest absolute Gasteiger partial charge is 0.382 e. The smallest absolute Gasteiger partial charge is 0.195 e. The Hall–Kier alpha value is -0.300. The second-order valence-electron chi connectivity index (χ2n) is 4.46. The Balaban J connectivity index is 3.03. The van der Waals surface area contributed by atoms with Crippen molar-refractivity contribution >= 4 is 16.0 Å². The lowest BCUT2D eigenvalue weighted by atomic mass is 10.7. The van der Waals surface area contributed by atoms with Gasteiger partial charge in [-0.25, -0.2) is 4.21 Å². The third-order valence-corrected chi connectivity index (χ3v) is 2.95. The Morgan fingerprint density at radius 2 is 0.958 bits per heavy atom. The summed E-state index contributed by atoms with van der Waals surface area (Å²) in [6.07, 6.45) is 0. The number of hydrogen-bond donors (Lipinski definition) is 1. The van der Waals surface area contributed by atoms with Gasteiger partial charge in [-0.05, 0) is 0 Å². The highest BCUT2D eigenvalue weighted by Gasteiger charge is 1.97. The second-order valence-corrected chi connectivity index (χ2v) is 5.86. The lowest BCUT2D eigenvalue weighted by Crippen LogP contribution is -2.15. The molecule has 1 N–H and O–H groups in total. The van der Waals surface area contributed by atoms with Gasteiger partial charge in [0.15, 0.2) is 10.1 Å². The lowest BCUT2D eigenvalue weighted by Gasteiger charge is -2.08. The molecule has 0 fully saturated rings. The van der Waals surface area contributed by atoms with Crippen molar-refractivity contribution in [3.8, 4) is 0 Å². The zero-order chi connectivity index (χ0) is 17.9. The molecule has 0 aromatic rings. The first-order valence-electron chi connectivity index (χ1n) is 7.68. The summed E-state index contributed by atoms with van der Waals surface area (Å²) in [4.78, 5) is 0. The van der Waals surface area contributed by atoms with Crippen LogP contribution in [0.5, 0.6) is 0 Å². The molecule has 0 aliphatic heterocycles. The maximum absolute atomic E-state index is 10.7. The van der Waals surface area contributed by atoms with E-state index in [1.54, 1.807) is 7.11 Å². The summed E-state index contributed by atoms with van der Waals surface area (Å²) in [5, 5.41) is 0. The van der Waals surface area contributed by atoms with E-state index in [0.717, 1.165) is 0 Å². The quantitative estimate of drug-likeness (QED) is 0.244. The van der Waals surface area contributed by atoms with Crippen LogP contribution in [0.15, 0.2) is 0 Å². The number of ether oxygens (including phenoxy) is 6. The van der Waals surface area contributed by atoms with Gasteiger partial charge in [-0.15, -0.1) is 0 Å². The summed E-state index contributed by atoms with van der Waals surface area (Å²) in [6.45, 7) is 5.19. The molecule has 1 atom stereocenters. The standard InChI is InChI=1S/C14H30O9S/c1-17-3-4-18-5-6-19-7-8-20-9-10-21-11-12-22-13-14-23-24(2,15)16/h2-14H2,1H3,(H,15,16). The zero-order valence-electron chi connectivity index (χ0n) is 14.3. The third kappa shape index (κ3) is 21.7. The first-order valence-corrected chi connectivity index (χ1v) is 9.29. The molecule has 1 unspecified atom stereocenters. The van der Waals surface area contributed by atoms with Crippen molar-refractivity contribution in [1.82, 2.24) is 0 Å². The van der Waals surface area contributed by atoms with Crippen molar-refractivity contribution in [2.45, 2.75) is 0 Å². The average Bonchev–Trinajstić information content (AvgIpc) is 2.52. The minimum absolute atomic E-state index is 0.0133. The van der Waals surface area contributed by atoms with Gasteiger partial charge in [0.1, 0.15) is 0 Å². The van der Waals surface area contributed by atoms with Gasteiger partial charge < -0.3 is 28.4 Å². The zero-order valence-corrected chi connectivity index (χ0v) is 15.1. The van der Waals surface area contributed by atoms with Crippen molar-refractivity contribution in [3.05, 3.63) is 0 Å². The Kier molecular flexibility index (Phi) is 17.3. The van der Waals surface area contributed by atoms with Gasteiger partial charge in [0.05, 0.1) is 79.3 Å². The van der Waals surface area contributed by atoms with Crippen molar-refractivity contribution in [3.63, 3.8) is 0 Å². The Labute approximate surface area is 144 Å². The van der Waals surface area contributed by atoms with E-state index in [4.69, 9.17) is 33.0 Å². The molecule has 0 saturated carbocycles. The monoisotopic (exact) mass is 374 g/mol. The van der Waals surface area contributed by atoms with Gasteiger partial charge in [0, 0.05) is 13.0 Å². The molecule has 0 rings (SSSR count). The molecule has 0 amide bonds. The van der Waals surface area contributed by atoms with Crippen LogP contribution in [0.3, 0.4) is 0 Å². The van der Waals surface area contributed by atoms with Crippen LogP contribution in [0.4, 0.5) is 0 Å². The van der Waals surface area contributed by atoms with Crippen LogP contribution in [-0.4, -0.2) is 101 Å². The number of rotatable bonds is 19. The van der Waals surface area contributed by atoms with Crippen molar-refractivity contribution in [2.75, 3.05) is 86.4 Å². The van der Waals surface area contributed by atoms with E-state index in [0.29, 0.717) is 66.1 Å². The predicted molar refractivity (Wildman–Crippen MR) is 89.8 cm³/mol. The SMILES string of the molecule is C=S(=O)(O)OCCOCCOCCOCCOCCOCCOC. The molecule has 0 aliphatic carbocycles. The molecule has 0 saturated heterocycles. The molecule has 0 aromatic carbocycles. The molecule has 24 heavy (non-hydrogen) atoms. The van der Waals surface area contributed by atoms with E-state index >= 15 is 0 Å². The maximum Gasteiger partial charge on any atom is 0.195 e. The van der Waals surface area contributed by atoms with E-state index in [1.807, 2.05) is 0 Å². The fourth-order valence-corrected chi connectivity index (χ4v) is 1.68. The van der Waals surface area contributed by atoms with Crippen LogP contribution in [0.25, 0.3) is 0 Å². The highest BCUT2D eigenvalue weighted by Crippen LogP contribution is 1.87. The molecule has 146 valence electrons. The van der Waals surface area contributed by atoms with E-state index in [2.05, 4.69) is 10.1 Å². The van der Waals surface area contributed by atoms with Gasteiger partial charge in [-0.1, -0.05) is 0 Å². The molecule has 10 heteroatoms. The van der Waals surface area contributed by atoms with Gasteiger partial charge in [-0.3, -0.25) is 8.74 Å². The first-order chi connectivity index (χ1) is 11.6. The summed E-state index contributed by atoms with van der Waals surface area (Å²) in [5.41, 5.74) is 0. The molecule has 9 nitrogen and oxygen atoms in total. The first kappa shape index (κ1) is 23.7. The van der Waals surface area contributed by atoms with Crippen molar-refractivity contribution in [1.29, 1.82) is 0 Å². The van der Waals surface area contributed by atoms with Crippen LogP contribution < -0.4 is 0 Å². The van der Waals surface area contributed by atoms with Crippen LogP contribution in [0, 0.1) is 0 Å². The van der Waals surface area contributed by atoms with E-state index in [1.165, 1.54) is 0 Å². The van der Waals surface area contributed by atoms with E-state index < -0.39 is 10.1 Å². The van der Waals surface area contributed by atoms with Gasteiger partial charge in [-0.2, -0.15) is 0 Å². The van der Waals surface area contributed by atoms with Gasteiger partial charge in [0.2, 0.25) is 0 Å². The molecular formula is C14H30O9S. The fourth-order valence-electron chi connectivity index (χ4n) is 1.35. The molecule has 0 aromatic heterocycles. The maximum atomic E-state index is 10.7. The highest BCUT2D eigenvalue weighted by molar-refractivity contribution is 7.90. The Bertz CT molecular complexity index is 348. The normalized spacial score (nSPS) is 13.9. The Morgan fingerprint density at radius 3 is 1.25 bits per heavy atom. The minimum atomic E-state index is -3.40. The van der Waals surface area contributed by atoms with E-state index in [9.17, 15) is 4.21 Å². The molecule has 0 radical (unpaired) electrons. The lowest BCUT2D eigenvalue weighted by molar-refractivity contribution is -0.0158. The van der Waals surface area contributed by atoms with Crippen LogP contribution in [0.2, 0.25) is 0 Å². The summed E-state index contributed by atoms with van der Waals surface area (Å²) < 4.78 is 55.1. The van der Waals surface area contributed by atoms with E-state index in [-0.39, 0.29) is 13.2 Å². The number of methoxy groups -OCH3 is 1. The number of hydrogen-bond acceptors (Lipinski definition) is 8. The molecule has 0 spiro atoms. The van der Waals surface area contributed by atoms with Gasteiger partial charge in [0.25, 0.3) is 0 Å². The predicted octanol–water partition coefficient (Wildman–Crippen LogP) is -0.163. The highest BCUT2D eigenvalue weighted by atomic mass is 32.2. The topological polar surface area (TPSA) is 102 Å². The molecule has 0 aliphatic rings. The fraction of sp³-hybridized carbons (Fsp3) is 0.929.